The first-order valence-corrected chi connectivity index (χ1v) is 7.35. The zero-order valence-electron chi connectivity index (χ0n) is 11.8. The van der Waals surface area contributed by atoms with Crippen molar-refractivity contribution in [1.29, 1.82) is 0 Å². The fourth-order valence-electron chi connectivity index (χ4n) is 2.30. The van der Waals surface area contributed by atoms with Crippen LogP contribution >= 0.6 is 23.7 Å². The van der Waals surface area contributed by atoms with Crippen LogP contribution < -0.4 is 10.6 Å². The number of piperidine rings is 1. The van der Waals surface area contributed by atoms with Crippen molar-refractivity contribution in [3.63, 3.8) is 0 Å². The Bertz CT molecular complexity index is 429. The number of hydrogen-bond donors (Lipinski definition) is 2. The maximum Gasteiger partial charge on any atom is 0.234 e. The van der Waals surface area contributed by atoms with E-state index in [4.69, 9.17) is 4.74 Å². The summed E-state index contributed by atoms with van der Waals surface area (Å²) in [6.07, 6.45) is 2.40. The Hall–Kier alpha value is -0.760. The van der Waals surface area contributed by atoms with E-state index in [2.05, 4.69) is 20.8 Å². The normalized spacial score (nSPS) is 17.3. The Balaban J connectivity index is 0.00000200. The minimum Gasteiger partial charge on any atom is -0.384 e. The van der Waals surface area contributed by atoms with Crippen molar-refractivity contribution < 1.29 is 9.53 Å². The molecule has 2 heterocycles. The molecule has 0 unspecified atom stereocenters. The molecular weight excluding hydrogens is 300 g/mol. The summed E-state index contributed by atoms with van der Waals surface area (Å²) in [4.78, 5) is 12.5. The van der Waals surface area contributed by atoms with Crippen molar-refractivity contribution >= 4 is 34.8 Å². The van der Waals surface area contributed by atoms with Crippen LogP contribution in [-0.2, 0) is 16.0 Å². The number of carbonyl (C=O) groups is 1. The number of ether oxygens (including phenoxy) is 1. The highest BCUT2D eigenvalue weighted by molar-refractivity contribution is 7.15. The molecule has 0 aromatic carbocycles. The molecule has 1 aromatic rings. The van der Waals surface area contributed by atoms with E-state index in [-0.39, 0.29) is 18.3 Å². The van der Waals surface area contributed by atoms with Crippen LogP contribution in [-0.4, -0.2) is 42.9 Å². The number of aryl methyl sites for hydroxylation is 1. The lowest BCUT2D eigenvalue weighted by Crippen LogP contribution is -2.47. The van der Waals surface area contributed by atoms with E-state index in [0.717, 1.165) is 37.4 Å². The summed E-state index contributed by atoms with van der Waals surface area (Å²) in [5.41, 5.74) is -0.446. The summed E-state index contributed by atoms with van der Waals surface area (Å²) >= 11 is 1.43. The van der Waals surface area contributed by atoms with Crippen LogP contribution in [0.2, 0.25) is 0 Å². The monoisotopic (exact) mass is 320 g/mol. The first-order chi connectivity index (χ1) is 9.20. The minimum absolute atomic E-state index is 0. The van der Waals surface area contributed by atoms with Gasteiger partial charge in [0, 0.05) is 7.11 Å². The molecule has 0 aliphatic carbocycles. The maximum absolute atomic E-state index is 12.5. The Morgan fingerprint density at radius 2 is 2.15 bits per heavy atom. The molecule has 0 saturated carbocycles. The highest BCUT2D eigenvalue weighted by Gasteiger charge is 2.40. The van der Waals surface area contributed by atoms with Gasteiger partial charge in [-0.25, -0.2) is 0 Å². The third-order valence-corrected chi connectivity index (χ3v) is 4.44. The standard InChI is InChI=1S/C12H20N4O2S.ClH/c1-3-9-15-16-11(19-9)14-10(17)12(8-18-2)4-6-13-7-5-12;/h13H,3-8H2,1-2H3,(H,14,16,17);1H. The summed E-state index contributed by atoms with van der Waals surface area (Å²) < 4.78 is 5.25. The number of halogens is 1. The van der Waals surface area contributed by atoms with Gasteiger partial charge in [0.2, 0.25) is 11.0 Å². The lowest BCUT2D eigenvalue weighted by atomic mass is 9.79. The van der Waals surface area contributed by atoms with Gasteiger partial charge in [-0.05, 0) is 32.4 Å². The Morgan fingerprint density at radius 3 is 2.70 bits per heavy atom. The van der Waals surface area contributed by atoms with E-state index in [0.29, 0.717) is 11.7 Å². The molecule has 1 amide bonds. The van der Waals surface area contributed by atoms with Crippen LogP contribution in [0.15, 0.2) is 0 Å². The number of anilines is 1. The van der Waals surface area contributed by atoms with Gasteiger partial charge in [0.15, 0.2) is 0 Å². The summed E-state index contributed by atoms with van der Waals surface area (Å²) in [6.45, 7) is 4.14. The largest absolute Gasteiger partial charge is 0.384 e. The van der Waals surface area contributed by atoms with Gasteiger partial charge in [0.1, 0.15) is 5.01 Å². The zero-order chi connectivity index (χ0) is 13.7. The van der Waals surface area contributed by atoms with Gasteiger partial charge < -0.3 is 10.1 Å². The number of methoxy groups -OCH3 is 1. The van der Waals surface area contributed by atoms with E-state index < -0.39 is 5.41 Å². The lowest BCUT2D eigenvalue weighted by Gasteiger charge is -2.35. The number of nitrogens with zero attached hydrogens (tertiary/aromatic N) is 2. The summed E-state index contributed by atoms with van der Waals surface area (Å²) in [5.74, 6) is -0.00495. The van der Waals surface area contributed by atoms with Crippen molar-refractivity contribution in [3.05, 3.63) is 5.01 Å². The second kappa shape index (κ2) is 7.87. The van der Waals surface area contributed by atoms with E-state index in [9.17, 15) is 4.79 Å². The van der Waals surface area contributed by atoms with Crippen LogP contribution in [0.5, 0.6) is 0 Å². The van der Waals surface area contributed by atoms with Gasteiger partial charge in [-0.3, -0.25) is 10.1 Å². The topological polar surface area (TPSA) is 76.1 Å². The number of aromatic nitrogens is 2. The van der Waals surface area contributed by atoms with E-state index in [1.165, 1.54) is 11.3 Å². The van der Waals surface area contributed by atoms with Gasteiger partial charge in [0.05, 0.1) is 12.0 Å². The van der Waals surface area contributed by atoms with Crippen molar-refractivity contribution in [1.82, 2.24) is 15.5 Å². The maximum atomic E-state index is 12.5. The first-order valence-electron chi connectivity index (χ1n) is 6.53. The Morgan fingerprint density at radius 1 is 1.45 bits per heavy atom. The summed E-state index contributed by atoms with van der Waals surface area (Å²) in [6, 6.07) is 0. The van der Waals surface area contributed by atoms with Crippen LogP contribution in [0.25, 0.3) is 0 Å². The molecule has 20 heavy (non-hydrogen) atoms. The molecule has 1 fully saturated rings. The van der Waals surface area contributed by atoms with Crippen molar-refractivity contribution in [2.75, 3.05) is 32.1 Å². The van der Waals surface area contributed by atoms with Gasteiger partial charge in [-0.1, -0.05) is 18.3 Å². The van der Waals surface area contributed by atoms with Crippen molar-refractivity contribution in [2.45, 2.75) is 26.2 Å². The number of nitrogens with one attached hydrogen (secondary N) is 2. The number of hydrogen-bond acceptors (Lipinski definition) is 6. The Labute approximate surface area is 129 Å². The van der Waals surface area contributed by atoms with Crippen molar-refractivity contribution in [2.24, 2.45) is 5.41 Å². The number of rotatable bonds is 5. The highest BCUT2D eigenvalue weighted by Crippen LogP contribution is 2.31. The van der Waals surface area contributed by atoms with Gasteiger partial charge in [-0.15, -0.1) is 22.6 Å². The molecule has 1 aromatic heterocycles. The van der Waals surface area contributed by atoms with Gasteiger partial charge in [-0.2, -0.15) is 0 Å². The summed E-state index contributed by atoms with van der Waals surface area (Å²) in [7, 11) is 1.64. The molecule has 0 atom stereocenters. The predicted octanol–water partition coefficient (Wildman–Crippen LogP) is 1.48. The van der Waals surface area contributed by atoms with Crippen LogP contribution in [0.3, 0.4) is 0 Å². The predicted molar refractivity (Wildman–Crippen MR) is 81.6 cm³/mol. The van der Waals surface area contributed by atoms with Crippen LogP contribution in [0, 0.1) is 5.41 Å². The lowest BCUT2D eigenvalue weighted by molar-refractivity contribution is -0.130. The minimum atomic E-state index is -0.446. The smallest absolute Gasteiger partial charge is 0.234 e. The molecule has 8 heteroatoms. The van der Waals surface area contributed by atoms with E-state index in [1.807, 2.05) is 6.92 Å². The number of amides is 1. The van der Waals surface area contributed by atoms with Gasteiger partial charge in [0.25, 0.3) is 0 Å². The molecule has 1 aliphatic heterocycles. The molecule has 2 rings (SSSR count). The average molecular weight is 321 g/mol. The third-order valence-electron chi connectivity index (χ3n) is 3.45. The molecule has 114 valence electrons. The molecule has 1 aliphatic rings. The molecular formula is C12H21ClN4O2S. The fourth-order valence-corrected chi connectivity index (χ4v) is 2.97. The molecule has 1 saturated heterocycles. The van der Waals surface area contributed by atoms with E-state index >= 15 is 0 Å². The first kappa shape index (κ1) is 17.3. The SMILES string of the molecule is CCc1nnc(NC(=O)C2(COC)CCNCC2)s1.Cl. The number of carbonyl (C=O) groups excluding carboxylic acids is 1. The van der Waals surface area contributed by atoms with E-state index in [1.54, 1.807) is 7.11 Å². The molecule has 0 radical (unpaired) electrons. The highest BCUT2D eigenvalue weighted by atomic mass is 35.5. The molecule has 0 spiro atoms. The molecule has 0 bridgehead atoms. The van der Waals surface area contributed by atoms with Crippen molar-refractivity contribution in [3.8, 4) is 0 Å². The Kier molecular flexibility index (Phi) is 6.81. The molecule has 2 N–H and O–H groups in total. The van der Waals surface area contributed by atoms with Crippen LogP contribution in [0.1, 0.15) is 24.8 Å². The fraction of sp³-hybridized carbons (Fsp3) is 0.750. The second-order valence-electron chi connectivity index (χ2n) is 4.77. The third kappa shape index (κ3) is 3.88. The summed E-state index contributed by atoms with van der Waals surface area (Å²) in [5, 5.41) is 15.7. The zero-order valence-corrected chi connectivity index (χ0v) is 13.4. The van der Waals surface area contributed by atoms with Gasteiger partial charge >= 0.3 is 0 Å². The van der Waals surface area contributed by atoms with Crippen LogP contribution in [0.4, 0.5) is 5.13 Å². The average Bonchev–Trinajstić information content (AvgIpc) is 2.88. The second-order valence-corrected chi connectivity index (χ2v) is 5.83. The quantitative estimate of drug-likeness (QED) is 0.859. The molecule has 6 nitrogen and oxygen atoms in total.